The van der Waals surface area contributed by atoms with Crippen LogP contribution in [0.1, 0.15) is 6.42 Å². The van der Waals surface area contributed by atoms with Crippen LogP contribution in [0.5, 0.6) is 0 Å². The predicted octanol–water partition coefficient (Wildman–Crippen LogP) is -0.619. The summed E-state index contributed by atoms with van der Waals surface area (Å²) in [6, 6.07) is 0. The van der Waals surface area contributed by atoms with Crippen LogP contribution in [-0.4, -0.2) is 35.7 Å². The molecule has 0 bridgehead atoms. The van der Waals surface area contributed by atoms with Gasteiger partial charge in [-0.25, -0.2) is 0 Å². The van der Waals surface area contributed by atoms with E-state index in [1.54, 1.807) is 0 Å². The van der Waals surface area contributed by atoms with Gasteiger partial charge in [-0.2, -0.15) is 0 Å². The number of carbonyl (C=O) groups is 2. The molecule has 1 aliphatic heterocycles. The Morgan fingerprint density at radius 3 is 2.36 bits per heavy atom. The molecule has 1 fully saturated rings. The van der Waals surface area contributed by atoms with Crippen molar-refractivity contribution in [1.82, 2.24) is 5.32 Å². The summed E-state index contributed by atoms with van der Waals surface area (Å²) < 4.78 is 0. The number of carboxylic acids is 1. The quantitative estimate of drug-likeness (QED) is 0.446. The second kappa shape index (κ2) is 5.67. The molecule has 1 saturated heterocycles. The predicted molar refractivity (Wildman–Crippen MR) is 37.3 cm³/mol. The molecule has 1 atom stereocenters. The molecule has 0 amide bonds. The molecule has 0 saturated carbocycles. The summed E-state index contributed by atoms with van der Waals surface area (Å²) in [6.07, 6.45) is 0.787. The second-order valence-corrected chi connectivity index (χ2v) is 2.13. The normalized spacial score (nSPS) is 21.6. The minimum absolute atomic E-state index is 0.130. The Morgan fingerprint density at radius 1 is 1.64 bits per heavy atom. The molecule has 0 aliphatic carbocycles. The number of hydrogen-bond acceptors (Lipinski definition) is 3. The zero-order valence-electron chi connectivity index (χ0n) is 5.99. The molecule has 64 valence electrons. The topological polar surface area (TPSA) is 86.6 Å². The molecule has 0 aromatic heterocycles. The summed E-state index contributed by atoms with van der Waals surface area (Å²) in [7, 11) is 0. The van der Waals surface area contributed by atoms with Crippen LogP contribution in [0.3, 0.4) is 0 Å². The van der Waals surface area contributed by atoms with Crippen LogP contribution in [0.15, 0.2) is 0 Å². The lowest BCUT2D eigenvalue weighted by Crippen LogP contribution is -2.16. The number of nitrogens with one attached hydrogen (secondary N) is 1. The molecule has 5 heteroatoms. The monoisotopic (exact) mass is 161 g/mol. The third kappa shape index (κ3) is 4.32. The van der Waals surface area contributed by atoms with E-state index in [0.717, 1.165) is 13.0 Å². The average molecular weight is 161 g/mol. The largest absolute Gasteiger partial charge is 0.483 e. The van der Waals surface area contributed by atoms with Gasteiger partial charge >= 0.3 is 5.97 Å². The van der Waals surface area contributed by atoms with E-state index in [1.807, 2.05) is 0 Å². The van der Waals surface area contributed by atoms with Crippen LogP contribution in [0, 0.1) is 5.92 Å². The number of carboxylic acid groups (broad SMARTS) is 2. The number of hydrogen-bond donors (Lipinski definition) is 3. The fraction of sp³-hybridized carbons (Fsp3) is 0.667. The molecule has 1 heterocycles. The van der Waals surface area contributed by atoms with Gasteiger partial charge in [-0.3, -0.25) is 9.59 Å². The Balaban J connectivity index is 0.000000292. The van der Waals surface area contributed by atoms with Gasteiger partial charge in [0.25, 0.3) is 6.47 Å². The van der Waals surface area contributed by atoms with E-state index in [2.05, 4.69) is 5.32 Å². The van der Waals surface area contributed by atoms with Crippen LogP contribution in [0.4, 0.5) is 0 Å². The van der Waals surface area contributed by atoms with Crippen LogP contribution >= 0.6 is 0 Å². The first kappa shape index (κ1) is 9.90. The molecular weight excluding hydrogens is 150 g/mol. The van der Waals surface area contributed by atoms with E-state index in [4.69, 9.17) is 15.0 Å². The van der Waals surface area contributed by atoms with Gasteiger partial charge in [-0.1, -0.05) is 0 Å². The Bertz CT molecular complexity index is 131. The van der Waals surface area contributed by atoms with Gasteiger partial charge in [0, 0.05) is 6.54 Å². The first-order chi connectivity index (χ1) is 5.22. The zero-order valence-corrected chi connectivity index (χ0v) is 5.99. The summed E-state index contributed by atoms with van der Waals surface area (Å²) in [5, 5.41) is 18.2. The zero-order chi connectivity index (χ0) is 8.69. The van der Waals surface area contributed by atoms with Crippen molar-refractivity contribution in [2.75, 3.05) is 13.1 Å². The molecule has 1 aliphatic rings. The third-order valence-corrected chi connectivity index (χ3v) is 1.41. The van der Waals surface area contributed by atoms with E-state index in [1.165, 1.54) is 0 Å². The van der Waals surface area contributed by atoms with Gasteiger partial charge in [0.15, 0.2) is 0 Å². The molecule has 11 heavy (non-hydrogen) atoms. The van der Waals surface area contributed by atoms with Crippen LogP contribution in [-0.2, 0) is 9.59 Å². The fourth-order valence-corrected chi connectivity index (χ4v) is 0.865. The summed E-state index contributed by atoms with van der Waals surface area (Å²) in [6.45, 7) is 1.26. The van der Waals surface area contributed by atoms with Gasteiger partial charge in [-0.15, -0.1) is 0 Å². The van der Waals surface area contributed by atoms with Crippen molar-refractivity contribution in [3.05, 3.63) is 0 Å². The lowest BCUT2D eigenvalue weighted by atomic mass is 10.1. The van der Waals surface area contributed by atoms with Gasteiger partial charge < -0.3 is 15.5 Å². The third-order valence-electron chi connectivity index (χ3n) is 1.41. The minimum atomic E-state index is -0.671. The lowest BCUT2D eigenvalue weighted by molar-refractivity contribution is -0.141. The molecule has 1 rings (SSSR count). The molecule has 3 N–H and O–H groups in total. The second-order valence-electron chi connectivity index (χ2n) is 2.13. The number of rotatable bonds is 1. The number of aliphatic carboxylic acids is 1. The maximum atomic E-state index is 10.2. The Hall–Kier alpha value is -1.10. The summed E-state index contributed by atoms with van der Waals surface area (Å²) in [5.74, 6) is -0.801. The Kier molecular flexibility index (Phi) is 5.10. The van der Waals surface area contributed by atoms with Crippen LogP contribution in [0.25, 0.3) is 0 Å². The van der Waals surface area contributed by atoms with E-state index in [9.17, 15) is 4.79 Å². The first-order valence-electron chi connectivity index (χ1n) is 3.23. The van der Waals surface area contributed by atoms with Crippen LogP contribution < -0.4 is 5.32 Å². The molecule has 0 spiro atoms. The van der Waals surface area contributed by atoms with Gasteiger partial charge in [0.1, 0.15) is 0 Å². The van der Waals surface area contributed by atoms with E-state index in [0.29, 0.717) is 6.54 Å². The highest BCUT2D eigenvalue weighted by Gasteiger charge is 2.20. The molecule has 0 aromatic rings. The maximum absolute atomic E-state index is 10.2. The molecule has 0 aromatic carbocycles. The van der Waals surface area contributed by atoms with Crippen molar-refractivity contribution in [3.63, 3.8) is 0 Å². The molecule has 5 nitrogen and oxygen atoms in total. The van der Waals surface area contributed by atoms with Gasteiger partial charge in [-0.05, 0) is 13.0 Å². The smallest absolute Gasteiger partial charge is 0.307 e. The summed E-state index contributed by atoms with van der Waals surface area (Å²) in [5.41, 5.74) is 0. The van der Waals surface area contributed by atoms with Crippen molar-refractivity contribution in [2.45, 2.75) is 6.42 Å². The standard InChI is InChI=1S/C5H9NO2.CH2O2/c7-5(8)4-1-2-6-3-4;2-1-3/h4,6H,1-3H2,(H,7,8);1H,(H,2,3). The summed E-state index contributed by atoms with van der Waals surface area (Å²) in [4.78, 5) is 18.5. The lowest BCUT2D eigenvalue weighted by Gasteiger charge is -1.96. The highest BCUT2D eigenvalue weighted by Crippen LogP contribution is 2.05. The van der Waals surface area contributed by atoms with Crippen LogP contribution in [0.2, 0.25) is 0 Å². The highest BCUT2D eigenvalue weighted by atomic mass is 16.4. The van der Waals surface area contributed by atoms with E-state index in [-0.39, 0.29) is 12.4 Å². The highest BCUT2D eigenvalue weighted by molar-refractivity contribution is 5.70. The average Bonchev–Trinajstić information content (AvgIpc) is 2.38. The van der Waals surface area contributed by atoms with Gasteiger partial charge in [0.2, 0.25) is 0 Å². The Labute approximate surface area is 64.0 Å². The first-order valence-corrected chi connectivity index (χ1v) is 3.23. The fourth-order valence-electron chi connectivity index (χ4n) is 0.865. The maximum Gasteiger partial charge on any atom is 0.307 e. The van der Waals surface area contributed by atoms with Crippen molar-refractivity contribution in [1.29, 1.82) is 0 Å². The van der Waals surface area contributed by atoms with Crippen molar-refractivity contribution < 1.29 is 19.8 Å². The van der Waals surface area contributed by atoms with E-state index >= 15 is 0 Å². The van der Waals surface area contributed by atoms with Crippen molar-refractivity contribution >= 4 is 12.4 Å². The Morgan fingerprint density at radius 2 is 2.18 bits per heavy atom. The summed E-state index contributed by atoms with van der Waals surface area (Å²) >= 11 is 0. The van der Waals surface area contributed by atoms with Crippen molar-refractivity contribution in [3.8, 4) is 0 Å². The SMILES string of the molecule is O=C(O)C1CCNC1.O=CO. The van der Waals surface area contributed by atoms with E-state index < -0.39 is 5.97 Å². The van der Waals surface area contributed by atoms with Gasteiger partial charge in [0.05, 0.1) is 5.92 Å². The minimum Gasteiger partial charge on any atom is -0.483 e. The molecule has 1 unspecified atom stereocenters. The molecular formula is C6H11NO4. The van der Waals surface area contributed by atoms with Crippen molar-refractivity contribution in [2.24, 2.45) is 5.92 Å². The molecule has 0 radical (unpaired) electrons.